The third-order valence-corrected chi connectivity index (χ3v) is 5.95. The summed E-state index contributed by atoms with van der Waals surface area (Å²) in [6, 6.07) is 15.5. The van der Waals surface area contributed by atoms with Crippen molar-refractivity contribution in [3.63, 3.8) is 0 Å². The molecular weight excluding hydrogens is 404 g/mol. The molecule has 1 aromatic carbocycles. The summed E-state index contributed by atoms with van der Waals surface area (Å²) in [6.07, 6.45) is 5.52. The van der Waals surface area contributed by atoms with Gasteiger partial charge in [-0.25, -0.2) is 9.67 Å². The van der Waals surface area contributed by atoms with Crippen LogP contribution in [0.25, 0.3) is 22.3 Å². The molecule has 1 aliphatic heterocycles. The Morgan fingerprint density at radius 3 is 2.88 bits per heavy atom. The second-order valence-electron chi connectivity index (χ2n) is 8.32. The largest absolute Gasteiger partial charge is 0.467 e. The Morgan fingerprint density at radius 2 is 2.09 bits per heavy atom. The first kappa shape index (κ1) is 20.5. The number of rotatable bonds is 6. The fourth-order valence-electron chi connectivity index (χ4n) is 4.27. The van der Waals surface area contributed by atoms with Gasteiger partial charge in [0.25, 0.3) is 5.91 Å². The van der Waals surface area contributed by atoms with Crippen LogP contribution in [0.3, 0.4) is 0 Å². The van der Waals surface area contributed by atoms with E-state index in [1.54, 1.807) is 17.1 Å². The van der Waals surface area contributed by atoms with Crippen molar-refractivity contribution in [2.75, 3.05) is 13.2 Å². The monoisotopic (exact) mass is 430 g/mol. The molecule has 0 bridgehead atoms. The van der Waals surface area contributed by atoms with Crippen LogP contribution < -0.4 is 5.32 Å². The number of hydrogen-bond donors (Lipinski definition) is 1. The molecule has 1 aliphatic rings. The van der Waals surface area contributed by atoms with E-state index in [2.05, 4.69) is 17.3 Å². The molecule has 7 heteroatoms. The van der Waals surface area contributed by atoms with Crippen molar-refractivity contribution in [3.05, 3.63) is 72.3 Å². The van der Waals surface area contributed by atoms with Crippen LogP contribution in [-0.4, -0.2) is 39.9 Å². The quantitative estimate of drug-likeness (QED) is 0.494. The Kier molecular flexibility index (Phi) is 5.73. The van der Waals surface area contributed by atoms with Gasteiger partial charge in [-0.15, -0.1) is 0 Å². The van der Waals surface area contributed by atoms with Gasteiger partial charge in [-0.1, -0.05) is 30.3 Å². The van der Waals surface area contributed by atoms with Crippen molar-refractivity contribution >= 4 is 16.9 Å². The molecule has 1 amide bonds. The molecule has 0 spiro atoms. The normalized spacial score (nSPS) is 18.7. The first-order chi connectivity index (χ1) is 15.7. The molecule has 2 unspecified atom stereocenters. The highest BCUT2D eigenvalue weighted by atomic mass is 16.5. The van der Waals surface area contributed by atoms with Crippen LogP contribution in [0.1, 0.15) is 35.9 Å². The molecule has 1 N–H and O–H groups in total. The zero-order valence-corrected chi connectivity index (χ0v) is 18.0. The summed E-state index contributed by atoms with van der Waals surface area (Å²) >= 11 is 0. The van der Waals surface area contributed by atoms with Crippen LogP contribution >= 0.6 is 0 Å². The van der Waals surface area contributed by atoms with Crippen LogP contribution in [-0.2, 0) is 11.3 Å². The second-order valence-corrected chi connectivity index (χ2v) is 8.32. The number of furan rings is 1. The van der Waals surface area contributed by atoms with Crippen molar-refractivity contribution in [2.45, 2.75) is 32.4 Å². The highest BCUT2D eigenvalue weighted by Crippen LogP contribution is 2.26. The summed E-state index contributed by atoms with van der Waals surface area (Å²) in [7, 11) is 0. The second kappa shape index (κ2) is 8.96. The van der Waals surface area contributed by atoms with Gasteiger partial charge in [0.1, 0.15) is 12.3 Å². The van der Waals surface area contributed by atoms with E-state index in [9.17, 15) is 4.79 Å². The number of nitrogens with one attached hydrogen (secondary N) is 1. The number of aromatic nitrogens is 3. The Morgan fingerprint density at radius 1 is 1.22 bits per heavy atom. The summed E-state index contributed by atoms with van der Waals surface area (Å²) in [6.45, 7) is 3.92. The fraction of sp³-hybridized carbons (Fsp3) is 0.320. The molecule has 0 saturated carbocycles. The lowest BCUT2D eigenvalue weighted by Gasteiger charge is -2.27. The van der Waals surface area contributed by atoms with Crippen molar-refractivity contribution in [2.24, 2.45) is 5.92 Å². The Labute approximate surface area is 186 Å². The lowest BCUT2D eigenvalue weighted by Crippen LogP contribution is -2.34. The van der Waals surface area contributed by atoms with Gasteiger partial charge in [-0.2, -0.15) is 5.10 Å². The number of fused-ring (bicyclic) bond motifs is 1. The van der Waals surface area contributed by atoms with Crippen LogP contribution in [0.2, 0.25) is 0 Å². The predicted molar refractivity (Wildman–Crippen MR) is 121 cm³/mol. The standard InChI is InChI=1S/C25H26N4O3/c1-17-12-18(9-11-31-17)14-26-25(30)21-13-23(19-6-3-2-4-7-19)28-24-22(21)15-27-29(24)16-20-8-5-10-32-20/h2-8,10,13,15,17-18H,9,11-12,14,16H2,1H3,(H,26,30). The first-order valence-electron chi connectivity index (χ1n) is 11.0. The number of ether oxygens (including phenoxy) is 1. The zero-order chi connectivity index (χ0) is 21.9. The average molecular weight is 431 g/mol. The molecule has 4 aromatic rings. The lowest BCUT2D eigenvalue weighted by molar-refractivity contribution is 0.00302. The molecule has 7 nitrogen and oxygen atoms in total. The molecule has 0 aliphatic carbocycles. The molecule has 4 heterocycles. The summed E-state index contributed by atoms with van der Waals surface area (Å²) in [5, 5.41) is 8.37. The van der Waals surface area contributed by atoms with Gasteiger partial charge in [-0.3, -0.25) is 4.79 Å². The number of nitrogens with zero attached hydrogens (tertiary/aromatic N) is 3. The first-order valence-corrected chi connectivity index (χ1v) is 11.0. The number of carbonyl (C=O) groups excluding carboxylic acids is 1. The van der Waals surface area contributed by atoms with Crippen LogP contribution in [0.4, 0.5) is 0 Å². The maximum Gasteiger partial charge on any atom is 0.252 e. The third kappa shape index (κ3) is 4.29. The van der Waals surface area contributed by atoms with Gasteiger partial charge in [0.2, 0.25) is 0 Å². The van der Waals surface area contributed by atoms with Gasteiger partial charge in [-0.05, 0) is 43.9 Å². The lowest BCUT2D eigenvalue weighted by atomic mass is 9.96. The molecule has 32 heavy (non-hydrogen) atoms. The van der Waals surface area contributed by atoms with E-state index >= 15 is 0 Å². The Bertz CT molecular complexity index is 1200. The number of pyridine rings is 1. The van der Waals surface area contributed by atoms with Gasteiger partial charge in [0, 0.05) is 18.7 Å². The van der Waals surface area contributed by atoms with Gasteiger partial charge >= 0.3 is 0 Å². The number of carbonyl (C=O) groups is 1. The minimum atomic E-state index is -0.105. The topological polar surface area (TPSA) is 82.2 Å². The summed E-state index contributed by atoms with van der Waals surface area (Å²) < 4.78 is 12.9. The molecule has 3 aromatic heterocycles. The molecule has 164 valence electrons. The van der Waals surface area contributed by atoms with Crippen molar-refractivity contribution in [3.8, 4) is 11.3 Å². The molecular formula is C25H26N4O3. The molecule has 1 saturated heterocycles. The zero-order valence-electron chi connectivity index (χ0n) is 18.0. The summed E-state index contributed by atoms with van der Waals surface area (Å²) in [5.41, 5.74) is 2.93. The highest BCUT2D eigenvalue weighted by molar-refractivity contribution is 6.06. The maximum absolute atomic E-state index is 13.3. The van der Waals surface area contributed by atoms with E-state index in [0.29, 0.717) is 30.2 Å². The van der Waals surface area contributed by atoms with Crippen molar-refractivity contribution < 1.29 is 13.9 Å². The van der Waals surface area contributed by atoms with Crippen molar-refractivity contribution in [1.82, 2.24) is 20.1 Å². The van der Waals surface area contributed by atoms with Gasteiger partial charge in [0.15, 0.2) is 5.65 Å². The van der Waals surface area contributed by atoms with E-state index in [0.717, 1.165) is 41.9 Å². The number of amides is 1. The van der Waals surface area contributed by atoms with E-state index in [1.165, 1.54) is 0 Å². The Balaban J connectivity index is 1.48. The molecule has 0 radical (unpaired) electrons. The number of hydrogen-bond acceptors (Lipinski definition) is 5. The highest BCUT2D eigenvalue weighted by Gasteiger charge is 2.22. The van der Waals surface area contributed by atoms with E-state index in [1.807, 2.05) is 48.5 Å². The minimum absolute atomic E-state index is 0.105. The van der Waals surface area contributed by atoms with E-state index in [-0.39, 0.29) is 12.0 Å². The van der Waals surface area contributed by atoms with E-state index < -0.39 is 0 Å². The third-order valence-electron chi connectivity index (χ3n) is 5.95. The number of benzene rings is 1. The molecule has 1 fully saturated rings. The van der Waals surface area contributed by atoms with Gasteiger partial charge in [0.05, 0.1) is 35.2 Å². The molecule has 5 rings (SSSR count). The average Bonchev–Trinajstić information content (AvgIpc) is 3.48. The van der Waals surface area contributed by atoms with Crippen LogP contribution in [0, 0.1) is 5.92 Å². The fourth-order valence-corrected chi connectivity index (χ4v) is 4.27. The summed E-state index contributed by atoms with van der Waals surface area (Å²) in [5.74, 6) is 1.10. The maximum atomic E-state index is 13.3. The smallest absolute Gasteiger partial charge is 0.252 e. The Hall–Kier alpha value is -3.45. The SMILES string of the molecule is CC1CC(CNC(=O)c2cc(-c3ccccc3)nc3c2cnn3Cc2ccco2)CCO1. The van der Waals surface area contributed by atoms with Crippen molar-refractivity contribution in [1.29, 1.82) is 0 Å². The van der Waals surface area contributed by atoms with E-state index in [4.69, 9.17) is 14.1 Å². The molecule has 2 atom stereocenters. The predicted octanol–water partition coefficient (Wildman–Crippen LogP) is 4.28. The van der Waals surface area contributed by atoms with Gasteiger partial charge < -0.3 is 14.5 Å². The minimum Gasteiger partial charge on any atom is -0.467 e. The summed E-state index contributed by atoms with van der Waals surface area (Å²) in [4.78, 5) is 18.1. The van der Waals surface area contributed by atoms with Crippen LogP contribution in [0.15, 0.2) is 65.4 Å². The van der Waals surface area contributed by atoms with Crippen LogP contribution in [0.5, 0.6) is 0 Å².